The van der Waals surface area contributed by atoms with E-state index < -0.39 is 11.9 Å². The average Bonchev–Trinajstić information content (AvgIpc) is 2.87. The summed E-state index contributed by atoms with van der Waals surface area (Å²) in [6, 6.07) is 23.8. The second-order valence-corrected chi connectivity index (χ2v) is 8.80. The molecule has 0 amide bonds. The maximum absolute atomic E-state index is 12.3. The zero-order valence-electron chi connectivity index (χ0n) is 20.3. The molecule has 0 fully saturated rings. The minimum absolute atomic E-state index is 0.0111. The average molecular weight is 485 g/mol. The van der Waals surface area contributed by atoms with Crippen molar-refractivity contribution in [2.45, 2.75) is 26.2 Å². The van der Waals surface area contributed by atoms with Crippen LogP contribution < -0.4 is 24.7 Å². The van der Waals surface area contributed by atoms with E-state index in [0.29, 0.717) is 29.6 Å². The highest BCUT2D eigenvalue weighted by atomic mass is 16.6. The third-order valence-corrected chi connectivity index (χ3v) is 5.68. The molecule has 1 aliphatic heterocycles. The highest BCUT2D eigenvalue weighted by molar-refractivity contribution is 5.74. The molecule has 0 spiro atoms. The summed E-state index contributed by atoms with van der Waals surface area (Å²) in [5.41, 5.74) is 8.02. The molecule has 0 saturated carbocycles. The molecule has 2 N–H and O–H groups in total. The van der Waals surface area contributed by atoms with Crippen LogP contribution in [0.2, 0.25) is 0 Å². The molecule has 1 atom stereocenters. The van der Waals surface area contributed by atoms with E-state index in [1.165, 1.54) is 0 Å². The molecule has 184 valence electrons. The lowest BCUT2D eigenvalue weighted by Gasteiger charge is -2.27. The number of allylic oxidation sites excluding steroid dienone is 1. The fraction of sp³-hybridized carbons (Fsp3) is 0.241. The van der Waals surface area contributed by atoms with Gasteiger partial charge < -0.3 is 24.7 Å². The van der Waals surface area contributed by atoms with Crippen LogP contribution in [0.15, 0.2) is 84.3 Å². The Morgan fingerprint density at radius 2 is 1.78 bits per heavy atom. The van der Waals surface area contributed by atoms with Crippen molar-refractivity contribution in [1.29, 1.82) is 5.26 Å². The number of hydrogen-bond donors (Lipinski definition) is 1. The number of benzene rings is 3. The molecule has 0 bridgehead atoms. The van der Waals surface area contributed by atoms with Crippen LogP contribution in [0.1, 0.15) is 37.3 Å². The molecule has 7 heteroatoms. The highest BCUT2D eigenvalue weighted by Gasteiger charge is 2.31. The van der Waals surface area contributed by atoms with Crippen molar-refractivity contribution in [1.82, 2.24) is 0 Å². The van der Waals surface area contributed by atoms with Crippen molar-refractivity contribution in [2.24, 2.45) is 11.7 Å². The number of ether oxygens (including phenoxy) is 4. The largest absolute Gasteiger partial charge is 0.494 e. The summed E-state index contributed by atoms with van der Waals surface area (Å²) in [5.74, 6) is 1.54. The first-order valence-electron chi connectivity index (χ1n) is 11.8. The van der Waals surface area contributed by atoms with Crippen molar-refractivity contribution < 1.29 is 23.7 Å². The number of carbonyl (C=O) groups is 1. The van der Waals surface area contributed by atoms with Gasteiger partial charge in [0.2, 0.25) is 5.88 Å². The smallest absolute Gasteiger partial charge is 0.349 e. The Bertz CT molecular complexity index is 1290. The Morgan fingerprint density at radius 3 is 2.53 bits per heavy atom. The number of nitrogens with zero attached hydrogens (tertiary/aromatic N) is 1. The Labute approximate surface area is 210 Å². The number of hydrogen-bond acceptors (Lipinski definition) is 7. The first-order valence-corrected chi connectivity index (χ1v) is 11.8. The van der Waals surface area contributed by atoms with Gasteiger partial charge in [-0.1, -0.05) is 50.2 Å². The standard InChI is InChI=1S/C29H28N2O5/c1-19(2)13-14-33-22-10-6-7-20(15-22)28-24-12-11-23(16-26(24)36-29(31)25(28)17-30)35-27(32)18-34-21-8-4-3-5-9-21/h3-12,15-16,19,28H,13-14,18,31H2,1-2H3. The minimum atomic E-state index is -0.557. The molecule has 36 heavy (non-hydrogen) atoms. The van der Waals surface area contributed by atoms with Gasteiger partial charge in [-0.25, -0.2) is 4.79 Å². The van der Waals surface area contributed by atoms with E-state index in [9.17, 15) is 10.1 Å². The van der Waals surface area contributed by atoms with Crippen LogP contribution in [0.4, 0.5) is 0 Å². The van der Waals surface area contributed by atoms with Gasteiger partial charge in [0.05, 0.1) is 12.5 Å². The Hall–Kier alpha value is -4.44. The summed E-state index contributed by atoms with van der Waals surface area (Å²) in [7, 11) is 0. The lowest BCUT2D eigenvalue weighted by atomic mass is 9.83. The van der Waals surface area contributed by atoms with Crippen LogP contribution >= 0.6 is 0 Å². The van der Waals surface area contributed by atoms with Gasteiger partial charge in [0.25, 0.3) is 0 Å². The van der Waals surface area contributed by atoms with E-state index in [1.807, 2.05) is 42.5 Å². The van der Waals surface area contributed by atoms with Gasteiger partial charge >= 0.3 is 5.97 Å². The van der Waals surface area contributed by atoms with Gasteiger partial charge in [-0.05, 0) is 48.2 Å². The normalized spacial score (nSPS) is 14.4. The van der Waals surface area contributed by atoms with E-state index >= 15 is 0 Å². The number of esters is 1. The van der Waals surface area contributed by atoms with E-state index in [0.717, 1.165) is 23.3 Å². The number of nitriles is 1. The topological polar surface area (TPSA) is 104 Å². The van der Waals surface area contributed by atoms with Gasteiger partial charge in [-0.15, -0.1) is 0 Å². The Morgan fingerprint density at radius 1 is 1.00 bits per heavy atom. The first kappa shape index (κ1) is 24.7. The van der Waals surface area contributed by atoms with Crippen molar-refractivity contribution >= 4 is 5.97 Å². The molecule has 3 aromatic rings. The molecule has 1 unspecified atom stereocenters. The van der Waals surface area contributed by atoms with Gasteiger partial charge in [0, 0.05) is 11.6 Å². The van der Waals surface area contributed by atoms with Crippen molar-refractivity contribution in [3.05, 3.63) is 95.4 Å². The molecule has 0 saturated heterocycles. The zero-order valence-corrected chi connectivity index (χ0v) is 20.3. The Balaban J connectivity index is 1.53. The van der Waals surface area contributed by atoms with Crippen LogP contribution in [-0.2, 0) is 4.79 Å². The van der Waals surface area contributed by atoms with E-state index in [1.54, 1.807) is 30.3 Å². The SMILES string of the molecule is CC(C)CCOc1cccc(C2C(C#N)=C(N)Oc3cc(OC(=O)COc4ccccc4)ccc32)c1. The molecule has 3 aromatic carbocycles. The second-order valence-electron chi connectivity index (χ2n) is 8.80. The van der Waals surface area contributed by atoms with E-state index in [4.69, 9.17) is 24.7 Å². The minimum Gasteiger partial charge on any atom is -0.494 e. The highest BCUT2D eigenvalue weighted by Crippen LogP contribution is 2.44. The lowest BCUT2D eigenvalue weighted by Crippen LogP contribution is -2.21. The molecule has 1 aliphatic rings. The second kappa shape index (κ2) is 11.3. The van der Waals surface area contributed by atoms with Crippen LogP contribution in [0.5, 0.6) is 23.0 Å². The molecule has 0 radical (unpaired) electrons. The molecule has 1 heterocycles. The summed E-state index contributed by atoms with van der Waals surface area (Å²) in [5, 5.41) is 9.83. The third kappa shape index (κ3) is 5.97. The first-order chi connectivity index (χ1) is 17.4. The molecule has 0 aliphatic carbocycles. The van der Waals surface area contributed by atoms with Crippen LogP contribution in [0.25, 0.3) is 0 Å². The number of nitrogens with two attached hydrogens (primary N) is 1. The number of carbonyl (C=O) groups excluding carboxylic acids is 1. The number of para-hydroxylation sites is 1. The summed E-state index contributed by atoms with van der Waals surface area (Å²) in [6.07, 6.45) is 0.943. The maximum Gasteiger partial charge on any atom is 0.349 e. The maximum atomic E-state index is 12.3. The van der Waals surface area contributed by atoms with Crippen molar-refractivity contribution in [3.8, 4) is 29.1 Å². The van der Waals surface area contributed by atoms with E-state index in [2.05, 4.69) is 19.9 Å². The fourth-order valence-electron chi connectivity index (χ4n) is 3.86. The molecular weight excluding hydrogens is 456 g/mol. The predicted octanol–water partition coefficient (Wildman–Crippen LogP) is 5.31. The van der Waals surface area contributed by atoms with Gasteiger partial charge in [0.1, 0.15) is 34.6 Å². The van der Waals surface area contributed by atoms with Gasteiger partial charge in [-0.2, -0.15) is 5.26 Å². The summed E-state index contributed by atoms with van der Waals surface area (Å²) >= 11 is 0. The lowest BCUT2D eigenvalue weighted by molar-refractivity contribution is -0.136. The number of rotatable bonds is 9. The van der Waals surface area contributed by atoms with Crippen LogP contribution in [0, 0.1) is 17.2 Å². The monoisotopic (exact) mass is 484 g/mol. The summed E-state index contributed by atoms with van der Waals surface area (Å²) < 4.78 is 22.5. The fourth-order valence-corrected chi connectivity index (χ4v) is 3.86. The van der Waals surface area contributed by atoms with Crippen molar-refractivity contribution in [3.63, 3.8) is 0 Å². The van der Waals surface area contributed by atoms with Crippen molar-refractivity contribution in [2.75, 3.05) is 13.2 Å². The van der Waals surface area contributed by atoms with E-state index in [-0.39, 0.29) is 18.2 Å². The quantitative estimate of drug-likeness (QED) is 0.324. The van der Waals surface area contributed by atoms with Crippen LogP contribution in [-0.4, -0.2) is 19.2 Å². The number of fused-ring (bicyclic) bond motifs is 1. The van der Waals surface area contributed by atoms with Gasteiger partial charge in [-0.3, -0.25) is 0 Å². The zero-order chi connectivity index (χ0) is 25.5. The molecule has 4 rings (SSSR count). The summed E-state index contributed by atoms with van der Waals surface area (Å²) in [4.78, 5) is 12.3. The van der Waals surface area contributed by atoms with Gasteiger partial charge in [0.15, 0.2) is 6.61 Å². The molecule has 0 aromatic heterocycles. The predicted molar refractivity (Wildman–Crippen MR) is 135 cm³/mol. The van der Waals surface area contributed by atoms with Crippen LogP contribution in [0.3, 0.4) is 0 Å². The third-order valence-electron chi connectivity index (χ3n) is 5.68. The summed E-state index contributed by atoms with van der Waals surface area (Å²) in [6.45, 7) is 4.66. The Kier molecular flexibility index (Phi) is 7.76. The molecular formula is C29H28N2O5. The molecule has 7 nitrogen and oxygen atoms in total.